The Labute approximate surface area is 121 Å². The van der Waals surface area contributed by atoms with Crippen molar-refractivity contribution in [3.05, 3.63) is 29.8 Å². The van der Waals surface area contributed by atoms with Gasteiger partial charge in [-0.15, -0.1) is 0 Å². The largest absolute Gasteiger partial charge is 0.426 e. The maximum Gasteiger partial charge on any atom is 0.308 e. The molecule has 0 spiro atoms. The van der Waals surface area contributed by atoms with Gasteiger partial charge in [0.25, 0.3) is 5.91 Å². The molecule has 1 aliphatic rings. The molecule has 1 aromatic carbocycles. The second-order valence-corrected chi connectivity index (χ2v) is 4.46. The highest BCUT2D eigenvalue weighted by Crippen LogP contribution is 2.18. The Bertz CT molecular complexity index is 635. The number of hydrogen-bond acceptors (Lipinski definition) is 5. The van der Waals surface area contributed by atoms with Crippen molar-refractivity contribution in [2.75, 3.05) is 13.1 Å². The van der Waals surface area contributed by atoms with Crippen LogP contribution in [0.5, 0.6) is 5.75 Å². The molecule has 1 aliphatic heterocycles. The first-order valence-electron chi connectivity index (χ1n) is 6.27. The lowest BCUT2D eigenvalue weighted by atomic mass is 10.2. The molecular weight excluding hydrogens is 274 g/mol. The zero-order valence-corrected chi connectivity index (χ0v) is 11.3. The lowest BCUT2D eigenvalue weighted by molar-refractivity contribution is -0.132. The third kappa shape index (κ3) is 3.57. The molecule has 0 aromatic heterocycles. The van der Waals surface area contributed by atoms with Gasteiger partial charge in [-0.1, -0.05) is 12.1 Å². The third-order valence-corrected chi connectivity index (χ3v) is 2.87. The van der Waals surface area contributed by atoms with Crippen LogP contribution in [-0.2, 0) is 9.59 Å². The summed E-state index contributed by atoms with van der Waals surface area (Å²) in [5.74, 6) is -1.24. The molecule has 108 valence electrons. The van der Waals surface area contributed by atoms with E-state index in [1.807, 2.05) is 6.07 Å². The average molecular weight is 287 g/mol. The van der Waals surface area contributed by atoms with Gasteiger partial charge in [-0.3, -0.25) is 14.4 Å². The van der Waals surface area contributed by atoms with Gasteiger partial charge in [0.05, 0.1) is 24.7 Å². The predicted octanol–water partition coefficient (Wildman–Crippen LogP) is 0.0761. The predicted molar refractivity (Wildman–Crippen MR) is 71.2 cm³/mol. The van der Waals surface area contributed by atoms with Crippen molar-refractivity contribution >= 4 is 17.8 Å². The number of esters is 1. The van der Waals surface area contributed by atoms with Crippen molar-refractivity contribution in [1.82, 2.24) is 10.2 Å². The van der Waals surface area contributed by atoms with Gasteiger partial charge in [-0.05, 0) is 12.1 Å². The molecule has 1 atom stereocenters. The molecule has 1 saturated heterocycles. The number of carbonyl (C=O) groups is 3. The summed E-state index contributed by atoms with van der Waals surface area (Å²) in [6.07, 6.45) is 0. The molecule has 0 aliphatic carbocycles. The maximum atomic E-state index is 12.0. The SMILES string of the molecule is CC(=O)Oc1ccccc1C(=O)NCC(=O)N1CC1C#N. The lowest BCUT2D eigenvalue weighted by Crippen LogP contribution is -2.33. The average Bonchev–Trinajstić information content (AvgIpc) is 3.24. The minimum absolute atomic E-state index is 0.136. The van der Waals surface area contributed by atoms with E-state index < -0.39 is 11.9 Å². The van der Waals surface area contributed by atoms with Gasteiger partial charge < -0.3 is 15.0 Å². The zero-order valence-electron chi connectivity index (χ0n) is 11.3. The second-order valence-electron chi connectivity index (χ2n) is 4.46. The van der Waals surface area contributed by atoms with Crippen molar-refractivity contribution in [2.24, 2.45) is 0 Å². The van der Waals surface area contributed by atoms with Gasteiger partial charge in [0, 0.05) is 6.92 Å². The van der Waals surface area contributed by atoms with Crippen LogP contribution in [-0.4, -0.2) is 41.8 Å². The molecule has 1 aromatic rings. The van der Waals surface area contributed by atoms with Crippen LogP contribution in [0.3, 0.4) is 0 Å². The summed E-state index contributed by atoms with van der Waals surface area (Å²) in [6.45, 7) is 1.43. The zero-order chi connectivity index (χ0) is 15.4. The molecule has 1 heterocycles. The summed E-state index contributed by atoms with van der Waals surface area (Å²) in [5.41, 5.74) is 0.170. The summed E-state index contributed by atoms with van der Waals surface area (Å²) < 4.78 is 4.93. The molecule has 0 bridgehead atoms. The molecule has 1 unspecified atom stereocenters. The Hall–Kier alpha value is -2.88. The first-order valence-corrected chi connectivity index (χ1v) is 6.27. The molecule has 7 heteroatoms. The van der Waals surface area contributed by atoms with Crippen LogP contribution < -0.4 is 10.1 Å². The van der Waals surface area contributed by atoms with Gasteiger partial charge in [0.15, 0.2) is 0 Å². The molecule has 1 fully saturated rings. The van der Waals surface area contributed by atoms with Gasteiger partial charge in [0.1, 0.15) is 11.8 Å². The highest BCUT2D eigenvalue weighted by molar-refractivity contribution is 5.99. The molecule has 0 saturated carbocycles. The van der Waals surface area contributed by atoms with Crippen LogP contribution in [0.15, 0.2) is 24.3 Å². The molecule has 21 heavy (non-hydrogen) atoms. The number of ether oxygens (including phenoxy) is 1. The fourth-order valence-corrected chi connectivity index (χ4v) is 1.78. The van der Waals surface area contributed by atoms with E-state index in [-0.39, 0.29) is 29.8 Å². The topological polar surface area (TPSA) is 99.3 Å². The highest BCUT2D eigenvalue weighted by Gasteiger charge is 2.38. The van der Waals surface area contributed by atoms with E-state index in [0.717, 1.165) is 0 Å². The number of nitrogens with one attached hydrogen (secondary N) is 1. The number of benzene rings is 1. The Morgan fingerprint density at radius 1 is 1.43 bits per heavy atom. The molecule has 2 rings (SSSR count). The first-order chi connectivity index (χ1) is 10.0. The Morgan fingerprint density at radius 2 is 2.14 bits per heavy atom. The van der Waals surface area contributed by atoms with E-state index in [1.165, 1.54) is 24.0 Å². The van der Waals surface area contributed by atoms with Crippen LogP contribution in [0.25, 0.3) is 0 Å². The summed E-state index contributed by atoms with van der Waals surface area (Å²) in [4.78, 5) is 36.0. The van der Waals surface area contributed by atoms with Crippen LogP contribution in [0.1, 0.15) is 17.3 Å². The second kappa shape index (κ2) is 6.05. The number of nitrogens with zero attached hydrogens (tertiary/aromatic N) is 2. The summed E-state index contributed by atoms with van der Waals surface area (Å²) in [5, 5.41) is 11.1. The summed E-state index contributed by atoms with van der Waals surface area (Å²) in [6, 6.07) is 7.81. The van der Waals surface area contributed by atoms with E-state index in [4.69, 9.17) is 10.00 Å². The Kier molecular flexibility index (Phi) is 4.18. The lowest BCUT2D eigenvalue weighted by Gasteiger charge is -2.09. The van der Waals surface area contributed by atoms with Gasteiger partial charge in [-0.2, -0.15) is 5.26 Å². The number of hydrogen-bond donors (Lipinski definition) is 1. The van der Waals surface area contributed by atoms with Crippen molar-refractivity contribution in [2.45, 2.75) is 13.0 Å². The van der Waals surface area contributed by atoms with E-state index >= 15 is 0 Å². The molecule has 7 nitrogen and oxygen atoms in total. The number of para-hydroxylation sites is 1. The van der Waals surface area contributed by atoms with E-state index in [9.17, 15) is 14.4 Å². The Morgan fingerprint density at radius 3 is 2.76 bits per heavy atom. The van der Waals surface area contributed by atoms with Crippen LogP contribution in [0, 0.1) is 11.3 Å². The number of carbonyl (C=O) groups excluding carboxylic acids is 3. The third-order valence-electron chi connectivity index (χ3n) is 2.87. The van der Waals surface area contributed by atoms with Crippen LogP contribution in [0.2, 0.25) is 0 Å². The minimum atomic E-state index is -0.535. The van der Waals surface area contributed by atoms with Crippen LogP contribution in [0.4, 0.5) is 0 Å². The molecule has 1 N–H and O–H groups in total. The maximum absolute atomic E-state index is 12.0. The minimum Gasteiger partial charge on any atom is -0.426 e. The number of amides is 2. The smallest absolute Gasteiger partial charge is 0.308 e. The van der Waals surface area contributed by atoms with E-state index in [1.54, 1.807) is 12.1 Å². The standard InChI is InChI=1S/C14H13N3O4/c1-9(18)21-12-5-3-2-4-11(12)14(20)16-7-13(19)17-8-10(17)6-15/h2-5,10H,7-8H2,1H3,(H,16,20). The monoisotopic (exact) mass is 287 g/mol. The van der Waals surface area contributed by atoms with Crippen molar-refractivity contribution in [3.63, 3.8) is 0 Å². The molecule has 2 amide bonds. The van der Waals surface area contributed by atoms with Crippen molar-refractivity contribution in [1.29, 1.82) is 5.26 Å². The normalized spacial score (nSPS) is 15.8. The quantitative estimate of drug-likeness (QED) is 0.480. The van der Waals surface area contributed by atoms with E-state index in [2.05, 4.69) is 5.32 Å². The highest BCUT2D eigenvalue weighted by atomic mass is 16.5. The van der Waals surface area contributed by atoms with Gasteiger partial charge in [0.2, 0.25) is 5.91 Å². The fraction of sp³-hybridized carbons (Fsp3) is 0.286. The summed E-state index contributed by atoms with van der Waals surface area (Å²) in [7, 11) is 0. The van der Waals surface area contributed by atoms with Gasteiger partial charge >= 0.3 is 5.97 Å². The van der Waals surface area contributed by atoms with E-state index in [0.29, 0.717) is 6.54 Å². The Balaban J connectivity index is 1.96. The van der Waals surface area contributed by atoms with Crippen LogP contribution >= 0.6 is 0 Å². The van der Waals surface area contributed by atoms with Crippen molar-refractivity contribution in [3.8, 4) is 11.8 Å². The summed E-state index contributed by atoms with van der Waals surface area (Å²) >= 11 is 0. The number of nitriles is 1. The van der Waals surface area contributed by atoms with Gasteiger partial charge in [-0.25, -0.2) is 0 Å². The fourth-order valence-electron chi connectivity index (χ4n) is 1.78. The van der Waals surface area contributed by atoms with Crippen molar-refractivity contribution < 1.29 is 19.1 Å². The molecule has 0 radical (unpaired) electrons. The number of rotatable bonds is 4. The molecular formula is C14H13N3O4. The first kappa shape index (κ1) is 14.5.